The summed E-state index contributed by atoms with van der Waals surface area (Å²) >= 11 is 0. The molecule has 24 heavy (non-hydrogen) atoms. The van der Waals surface area contributed by atoms with Crippen molar-refractivity contribution in [1.82, 2.24) is 20.9 Å². The van der Waals surface area contributed by atoms with Crippen molar-refractivity contribution in [2.24, 2.45) is 10.9 Å². The second-order valence-electron chi connectivity index (χ2n) is 6.17. The van der Waals surface area contributed by atoms with Gasteiger partial charge in [-0.05, 0) is 32.6 Å². The standard InChI is InChI=1S/C16H29N5O3/c1-3-24-16(23)21-10-6-13(7-11-21)20-15(17-2)19-9-8-18-14(22)12-4-5-12/h12-13H,3-11H2,1-2H3,(H,18,22)(H2,17,19,20). The summed E-state index contributed by atoms with van der Waals surface area (Å²) in [5.41, 5.74) is 0. The summed E-state index contributed by atoms with van der Waals surface area (Å²) in [6.07, 6.45) is 3.53. The Hall–Kier alpha value is -1.99. The van der Waals surface area contributed by atoms with Crippen LogP contribution in [0.25, 0.3) is 0 Å². The minimum atomic E-state index is -0.232. The zero-order valence-corrected chi connectivity index (χ0v) is 14.6. The predicted molar refractivity (Wildman–Crippen MR) is 91.8 cm³/mol. The maximum atomic E-state index is 11.7. The van der Waals surface area contributed by atoms with Gasteiger partial charge in [-0.2, -0.15) is 0 Å². The number of likely N-dealkylation sites (tertiary alicyclic amines) is 1. The highest BCUT2D eigenvalue weighted by atomic mass is 16.6. The quantitative estimate of drug-likeness (QED) is 0.367. The summed E-state index contributed by atoms with van der Waals surface area (Å²) in [4.78, 5) is 29.2. The van der Waals surface area contributed by atoms with Crippen LogP contribution in [0.4, 0.5) is 4.79 Å². The Morgan fingerprint density at radius 3 is 2.38 bits per heavy atom. The van der Waals surface area contributed by atoms with Crippen molar-refractivity contribution in [2.45, 2.75) is 38.6 Å². The van der Waals surface area contributed by atoms with Crippen LogP contribution in [-0.2, 0) is 9.53 Å². The van der Waals surface area contributed by atoms with Crippen LogP contribution in [0.15, 0.2) is 4.99 Å². The average molecular weight is 339 g/mol. The monoisotopic (exact) mass is 339 g/mol. The summed E-state index contributed by atoms with van der Waals surface area (Å²) in [6.45, 7) is 4.83. The second kappa shape index (κ2) is 9.34. The molecule has 0 unspecified atom stereocenters. The fraction of sp³-hybridized carbons (Fsp3) is 0.812. The molecule has 1 saturated heterocycles. The Bertz CT molecular complexity index is 457. The smallest absolute Gasteiger partial charge is 0.409 e. The third-order valence-corrected chi connectivity index (χ3v) is 4.25. The molecule has 2 aliphatic rings. The van der Waals surface area contributed by atoms with Crippen molar-refractivity contribution in [3.05, 3.63) is 0 Å². The minimum Gasteiger partial charge on any atom is -0.450 e. The summed E-state index contributed by atoms with van der Waals surface area (Å²) in [5, 5.41) is 9.49. The molecule has 0 aromatic rings. The number of piperidine rings is 1. The maximum Gasteiger partial charge on any atom is 0.409 e. The lowest BCUT2D eigenvalue weighted by molar-refractivity contribution is -0.122. The van der Waals surface area contributed by atoms with Gasteiger partial charge in [0.25, 0.3) is 0 Å². The van der Waals surface area contributed by atoms with E-state index in [9.17, 15) is 9.59 Å². The highest BCUT2D eigenvalue weighted by Crippen LogP contribution is 2.28. The van der Waals surface area contributed by atoms with Crippen LogP contribution in [-0.4, -0.2) is 68.7 Å². The van der Waals surface area contributed by atoms with Gasteiger partial charge in [-0.15, -0.1) is 0 Å². The lowest BCUT2D eigenvalue weighted by atomic mass is 10.1. The third-order valence-electron chi connectivity index (χ3n) is 4.25. The van der Waals surface area contributed by atoms with Gasteiger partial charge >= 0.3 is 6.09 Å². The van der Waals surface area contributed by atoms with Crippen LogP contribution in [0, 0.1) is 5.92 Å². The summed E-state index contributed by atoms with van der Waals surface area (Å²) in [6, 6.07) is 0.280. The molecular weight excluding hydrogens is 310 g/mol. The zero-order valence-electron chi connectivity index (χ0n) is 14.6. The first-order valence-electron chi connectivity index (χ1n) is 8.80. The van der Waals surface area contributed by atoms with E-state index in [0.717, 1.165) is 31.6 Å². The first kappa shape index (κ1) is 18.4. The number of hydrogen-bond donors (Lipinski definition) is 3. The average Bonchev–Trinajstić information content (AvgIpc) is 3.43. The molecule has 0 aromatic carbocycles. The van der Waals surface area contributed by atoms with E-state index in [1.54, 1.807) is 11.9 Å². The molecule has 1 heterocycles. The Labute approximate surface area is 143 Å². The summed E-state index contributed by atoms with van der Waals surface area (Å²) in [5.74, 6) is 1.13. The molecule has 1 aliphatic carbocycles. The number of rotatable bonds is 6. The van der Waals surface area contributed by atoms with Crippen LogP contribution in [0.5, 0.6) is 0 Å². The van der Waals surface area contributed by atoms with Gasteiger partial charge in [0, 0.05) is 45.2 Å². The molecule has 0 spiro atoms. The molecule has 136 valence electrons. The van der Waals surface area contributed by atoms with Crippen molar-refractivity contribution in [2.75, 3.05) is 39.8 Å². The number of nitrogens with zero attached hydrogens (tertiary/aromatic N) is 2. The second-order valence-corrected chi connectivity index (χ2v) is 6.17. The van der Waals surface area contributed by atoms with Gasteiger partial charge in [-0.25, -0.2) is 4.79 Å². The van der Waals surface area contributed by atoms with E-state index in [0.29, 0.717) is 32.8 Å². The number of hydrogen-bond acceptors (Lipinski definition) is 4. The molecule has 8 heteroatoms. The van der Waals surface area contributed by atoms with Crippen LogP contribution in [0.1, 0.15) is 32.6 Å². The molecular formula is C16H29N5O3. The van der Waals surface area contributed by atoms with Crippen molar-refractivity contribution in [3.63, 3.8) is 0 Å². The molecule has 0 radical (unpaired) electrons. The number of nitrogens with one attached hydrogen (secondary N) is 3. The van der Waals surface area contributed by atoms with Gasteiger partial charge in [-0.3, -0.25) is 9.79 Å². The maximum absolute atomic E-state index is 11.7. The van der Waals surface area contributed by atoms with E-state index in [4.69, 9.17) is 4.74 Å². The van der Waals surface area contributed by atoms with Gasteiger partial charge < -0.3 is 25.6 Å². The summed E-state index contributed by atoms with van der Waals surface area (Å²) in [7, 11) is 1.73. The van der Waals surface area contributed by atoms with Gasteiger partial charge in [0.15, 0.2) is 5.96 Å². The van der Waals surface area contributed by atoms with Crippen molar-refractivity contribution >= 4 is 18.0 Å². The lowest BCUT2D eigenvalue weighted by Crippen LogP contribution is -2.50. The van der Waals surface area contributed by atoms with Crippen LogP contribution in [0.2, 0.25) is 0 Å². The van der Waals surface area contributed by atoms with Crippen molar-refractivity contribution in [3.8, 4) is 0 Å². The van der Waals surface area contributed by atoms with E-state index >= 15 is 0 Å². The highest BCUT2D eigenvalue weighted by molar-refractivity contribution is 5.81. The topological polar surface area (TPSA) is 95.1 Å². The van der Waals surface area contributed by atoms with Crippen LogP contribution < -0.4 is 16.0 Å². The molecule has 2 fully saturated rings. The van der Waals surface area contributed by atoms with E-state index in [2.05, 4.69) is 20.9 Å². The van der Waals surface area contributed by atoms with Gasteiger partial charge in [-0.1, -0.05) is 0 Å². The van der Waals surface area contributed by atoms with Gasteiger partial charge in [0.1, 0.15) is 0 Å². The Morgan fingerprint density at radius 2 is 1.79 bits per heavy atom. The first-order valence-corrected chi connectivity index (χ1v) is 8.80. The number of carbonyl (C=O) groups excluding carboxylic acids is 2. The lowest BCUT2D eigenvalue weighted by Gasteiger charge is -2.32. The predicted octanol–water partition coefficient (Wildman–Crippen LogP) is 0.299. The molecule has 2 amide bonds. The van der Waals surface area contributed by atoms with Crippen LogP contribution in [0.3, 0.4) is 0 Å². The normalized spacial score (nSPS) is 18.9. The Kier molecular flexibility index (Phi) is 7.14. The Morgan fingerprint density at radius 1 is 1.12 bits per heavy atom. The number of carbonyl (C=O) groups is 2. The fourth-order valence-corrected chi connectivity index (χ4v) is 2.67. The number of ether oxygens (including phenoxy) is 1. The molecule has 2 rings (SSSR count). The molecule has 8 nitrogen and oxygen atoms in total. The van der Waals surface area contributed by atoms with Gasteiger partial charge in [0.05, 0.1) is 6.61 Å². The van der Waals surface area contributed by atoms with E-state index in [1.165, 1.54) is 0 Å². The fourth-order valence-electron chi connectivity index (χ4n) is 2.67. The SMILES string of the molecule is CCOC(=O)N1CCC(NC(=NC)NCCNC(=O)C2CC2)CC1. The van der Waals surface area contributed by atoms with Crippen molar-refractivity contribution < 1.29 is 14.3 Å². The number of guanidine groups is 1. The molecule has 1 saturated carbocycles. The third kappa shape index (κ3) is 5.90. The number of aliphatic imine (C=N–C) groups is 1. The zero-order chi connectivity index (χ0) is 17.4. The summed E-state index contributed by atoms with van der Waals surface area (Å²) < 4.78 is 5.02. The van der Waals surface area contributed by atoms with E-state index < -0.39 is 0 Å². The molecule has 1 aliphatic heterocycles. The Balaban J connectivity index is 1.60. The molecule has 3 N–H and O–H groups in total. The van der Waals surface area contributed by atoms with Crippen LogP contribution >= 0.6 is 0 Å². The first-order chi connectivity index (χ1) is 11.6. The van der Waals surface area contributed by atoms with Crippen molar-refractivity contribution in [1.29, 1.82) is 0 Å². The molecule has 0 aromatic heterocycles. The van der Waals surface area contributed by atoms with Gasteiger partial charge in [0.2, 0.25) is 5.91 Å². The number of amides is 2. The highest BCUT2D eigenvalue weighted by Gasteiger charge is 2.29. The molecule has 0 bridgehead atoms. The minimum absolute atomic E-state index is 0.158. The van der Waals surface area contributed by atoms with E-state index in [-0.39, 0.29) is 24.0 Å². The largest absolute Gasteiger partial charge is 0.450 e. The molecule has 0 atom stereocenters. The van der Waals surface area contributed by atoms with E-state index in [1.807, 2.05) is 6.92 Å².